The van der Waals surface area contributed by atoms with Gasteiger partial charge in [0.25, 0.3) is 5.78 Å². The summed E-state index contributed by atoms with van der Waals surface area (Å²) < 4.78 is 15.5. The van der Waals surface area contributed by atoms with Crippen molar-refractivity contribution in [2.45, 2.75) is 32.5 Å². The van der Waals surface area contributed by atoms with E-state index in [1.807, 2.05) is 19.2 Å². The third kappa shape index (κ3) is 3.32. The molecule has 0 aliphatic carbocycles. The Kier molecular flexibility index (Phi) is 4.41. The zero-order valence-electron chi connectivity index (χ0n) is 14.7. The predicted octanol–water partition coefficient (Wildman–Crippen LogP) is 3.16. The van der Waals surface area contributed by atoms with E-state index in [0.29, 0.717) is 17.4 Å². The largest absolute Gasteiger partial charge is 0.336 e. The molecular weight excluding hydrogens is 353 g/mol. The lowest BCUT2D eigenvalue weighted by Crippen LogP contribution is -2.44. The lowest BCUT2D eigenvalue weighted by molar-refractivity contribution is 0.137. The molecule has 136 valence electrons. The minimum absolute atomic E-state index is 0.292. The number of likely N-dealkylation sites (tertiary alicyclic amines) is 1. The smallest absolute Gasteiger partial charge is 0.252 e. The highest BCUT2D eigenvalue weighted by atomic mass is 32.1. The Bertz CT molecular complexity index is 942. The summed E-state index contributed by atoms with van der Waals surface area (Å²) >= 11 is 1.63. The third-order valence-corrected chi connectivity index (χ3v) is 5.23. The standard InChI is InChI=1S/C17H20FN7S/c1-10(2)22-17-19-5-13(26-17)8-24-6-12(7-24)15-4-14(11(3)18)23-16-20-9-21-25(15)16/h4-5,9,11-12H,1,6-8H2,2-3H3,(H,19,22). The monoisotopic (exact) mass is 373 g/mol. The van der Waals surface area contributed by atoms with Gasteiger partial charge >= 0.3 is 0 Å². The summed E-state index contributed by atoms with van der Waals surface area (Å²) in [6.45, 7) is 9.86. The molecule has 1 unspecified atom stereocenters. The molecule has 0 saturated carbocycles. The number of aromatic nitrogens is 5. The first-order chi connectivity index (χ1) is 12.5. The van der Waals surface area contributed by atoms with E-state index in [1.54, 1.807) is 15.9 Å². The molecule has 1 atom stereocenters. The molecule has 1 aliphatic heterocycles. The van der Waals surface area contributed by atoms with Crippen LogP contribution in [0.2, 0.25) is 0 Å². The van der Waals surface area contributed by atoms with Gasteiger partial charge in [-0.15, -0.1) is 11.3 Å². The summed E-state index contributed by atoms with van der Waals surface area (Å²) in [7, 11) is 0. The minimum atomic E-state index is -1.12. The first-order valence-electron chi connectivity index (χ1n) is 8.44. The Morgan fingerprint density at radius 3 is 3.00 bits per heavy atom. The van der Waals surface area contributed by atoms with E-state index in [0.717, 1.165) is 36.2 Å². The number of rotatable bonds is 6. The van der Waals surface area contributed by atoms with Crippen LogP contribution in [-0.2, 0) is 6.54 Å². The highest BCUT2D eigenvalue weighted by Crippen LogP contribution is 2.31. The molecule has 0 amide bonds. The van der Waals surface area contributed by atoms with Crippen molar-refractivity contribution in [2.24, 2.45) is 0 Å². The molecule has 1 saturated heterocycles. The Morgan fingerprint density at radius 2 is 2.27 bits per heavy atom. The maximum absolute atomic E-state index is 13.7. The number of halogens is 1. The zero-order chi connectivity index (χ0) is 18.3. The number of fused-ring (bicyclic) bond motifs is 1. The van der Waals surface area contributed by atoms with Crippen LogP contribution in [0.15, 0.2) is 30.9 Å². The van der Waals surface area contributed by atoms with E-state index in [2.05, 4.69) is 36.8 Å². The maximum atomic E-state index is 13.7. The van der Waals surface area contributed by atoms with Crippen LogP contribution in [0.25, 0.3) is 5.78 Å². The van der Waals surface area contributed by atoms with Crippen LogP contribution < -0.4 is 5.32 Å². The highest BCUT2D eigenvalue weighted by Gasteiger charge is 2.31. The van der Waals surface area contributed by atoms with Crippen molar-refractivity contribution in [1.29, 1.82) is 0 Å². The predicted molar refractivity (Wildman–Crippen MR) is 98.9 cm³/mol. The van der Waals surface area contributed by atoms with Gasteiger partial charge in [0, 0.05) is 42.3 Å². The number of anilines is 1. The quantitative estimate of drug-likeness (QED) is 0.716. The third-order valence-electron chi connectivity index (χ3n) is 4.34. The highest BCUT2D eigenvalue weighted by molar-refractivity contribution is 7.15. The number of hydrogen-bond donors (Lipinski definition) is 1. The summed E-state index contributed by atoms with van der Waals surface area (Å²) in [6.07, 6.45) is 2.24. The zero-order valence-corrected chi connectivity index (χ0v) is 15.5. The van der Waals surface area contributed by atoms with Gasteiger partial charge < -0.3 is 5.32 Å². The fourth-order valence-electron chi connectivity index (χ4n) is 3.08. The minimum Gasteiger partial charge on any atom is -0.336 e. The normalized spacial score (nSPS) is 16.6. The van der Waals surface area contributed by atoms with Gasteiger partial charge in [-0.05, 0) is 19.9 Å². The number of thiazole rings is 1. The Labute approximate surface area is 154 Å². The summed E-state index contributed by atoms with van der Waals surface area (Å²) in [5.41, 5.74) is 2.26. The van der Waals surface area contributed by atoms with Crippen LogP contribution in [0.5, 0.6) is 0 Å². The number of alkyl halides is 1. The van der Waals surface area contributed by atoms with Crippen LogP contribution in [0, 0.1) is 0 Å². The molecule has 0 spiro atoms. The molecule has 4 heterocycles. The van der Waals surface area contributed by atoms with Gasteiger partial charge in [0.1, 0.15) is 12.5 Å². The molecule has 1 N–H and O–H groups in total. The molecule has 1 aliphatic rings. The molecule has 3 aromatic heterocycles. The lowest BCUT2D eigenvalue weighted by atomic mass is 9.95. The fraction of sp³-hybridized carbons (Fsp3) is 0.412. The molecule has 0 aromatic carbocycles. The van der Waals surface area contributed by atoms with E-state index < -0.39 is 6.17 Å². The second-order valence-electron chi connectivity index (χ2n) is 6.62. The molecule has 4 rings (SSSR count). The van der Waals surface area contributed by atoms with Gasteiger partial charge in [-0.3, -0.25) is 4.90 Å². The van der Waals surface area contributed by atoms with Crippen molar-refractivity contribution in [3.05, 3.63) is 47.1 Å². The Hall–Kier alpha value is -2.39. The van der Waals surface area contributed by atoms with Crippen molar-refractivity contribution >= 4 is 22.2 Å². The molecule has 9 heteroatoms. The summed E-state index contributed by atoms with van der Waals surface area (Å²) in [4.78, 5) is 16.2. The molecule has 7 nitrogen and oxygen atoms in total. The topological polar surface area (TPSA) is 71.2 Å². The average molecular weight is 373 g/mol. The molecule has 0 bridgehead atoms. The van der Waals surface area contributed by atoms with Crippen LogP contribution in [0.3, 0.4) is 0 Å². The SMILES string of the molecule is C=C(C)Nc1ncc(CN2CC(c3cc(C(C)F)nc4ncnn34)C2)s1. The van der Waals surface area contributed by atoms with Gasteiger partial charge in [-0.1, -0.05) is 6.58 Å². The number of nitrogens with one attached hydrogen (secondary N) is 1. The van der Waals surface area contributed by atoms with Crippen molar-refractivity contribution in [3.8, 4) is 0 Å². The van der Waals surface area contributed by atoms with Gasteiger partial charge in [0.2, 0.25) is 0 Å². The van der Waals surface area contributed by atoms with Crippen molar-refractivity contribution in [2.75, 3.05) is 18.4 Å². The van der Waals surface area contributed by atoms with Crippen LogP contribution >= 0.6 is 11.3 Å². The molecule has 1 fully saturated rings. The van der Waals surface area contributed by atoms with E-state index in [1.165, 1.54) is 18.1 Å². The van der Waals surface area contributed by atoms with Crippen molar-refractivity contribution < 1.29 is 4.39 Å². The van der Waals surface area contributed by atoms with E-state index >= 15 is 0 Å². The van der Waals surface area contributed by atoms with E-state index in [9.17, 15) is 4.39 Å². The summed E-state index contributed by atoms with van der Waals surface area (Å²) in [5, 5.41) is 8.24. The van der Waals surface area contributed by atoms with E-state index in [4.69, 9.17) is 0 Å². The van der Waals surface area contributed by atoms with Gasteiger partial charge in [0.15, 0.2) is 5.13 Å². The molecule has 0 radical (unpaired) electrons. The van der Waals surface area contributed by atoms with Crippen LogP contribution in [0.1, 0.15) is 42.2 Å². The molecule has 26 heavy (non-hydrogen) atoms. The van der Waals surface area contributed by atoms with Crippen LogP contribution in [-0.4, -0.2) is 42.6 Å². The second-order valence-corrected chi connectivity index (χ2v) is 7.74. The first kappa shape index (κ1) is 17.0. The van der Waals surface area contributed by atoms with Gasteiger partial charge in [0.05, 0.1) is 11.4 Å². The molecule has 3 aromatic rings. The Morgan fingerprint density at radius 1 is 1.46 bits per heavy atom. The molecular formula is C17H20FN7S. The van der Waals surface area contributed by atoms with Crippen LogP contribution in [0.4, 0.5) is 9.52 Å². The maximum Gasteiger partial charge on any atom is 0.252 e. The lowest BCUT2D eigenvalue weighted by Gasteiger charge is -2.39. The fourth-order valence-corrected chi connectivity index (χ4v) is 4.01. The van der Waals surface area contributed by atoms with E-state index in [-0.39, 0.29) is 0 Å². The van der Waals surface area contributed by atoms with Gasteiger partial charge in [-0.2, -0.15) is 10.1 Å². The average Bonchev–Trinajstić information content (AvgIpc) is 3.18. The Balaban J connectivity index is 1.45. The summed E-state index contributed by atoms with van der Waals surface area (Å²) in [5.74, 6) is 0.749. The number of nitrogens with zero attached hydrogens (tertiary/aromatic N) is 6. The number of allylic oxidation sites excluding steroid dienone is 1. The second kappa shape index (κ2) is 6.73. The first-order valence-corrected chi connectivity index (χ1v) is 9.25. The van der Waals surface area contributed by atoms with Crippen molar-refractivity contribution in [3.63, 3.8) is 0 Å². The van der Waals surface area contributed by atoms with Crippen molar-refractivity contribution in [1.82, 2.24) is 29.5 Å². The van der Waals surface area contributed by atoms with Gasteiger partial charge in [-0.25, -0.2) is 18.9 Å². The number of hydrogen-bond acceptors (Lipinski definition) is 7. The summed E-state index contributed by atoms with van der Waals surface area (Å²) in [6, 6.07) is 1.82.